The van der Waals surface area contributed by atoms with Crippen molar-refractivity contribution < 1.29 is 13.2 Å². The number of hydrogen-bond donors (Lipinski definition) is 0. The molecule has 0 radical (unpaired) electrons. The number of isocyanates is 1. The van der Waals surface area contributed by atoms with Crippen molar-refractivity contribution in [2.75, 3.05) is 11.5 Å². The summed E-state index contributed by atoms with van der Waals surface area (Å²) in [5.41, 5.74) is 1.38. The molecule has 1 aromatic heterocycles. The van der Waals surface area contributed by atoms with Crippen LogP contribution in [0.4, 0.5) is 5.69 Å². The first-order chi connectivity index (χ1) is 8.12. The molecule has 90 valence electrons. The largest absolute Gasteiger partial charge is 0.262 e. The summed E-state index contributed by atoms with van der Waals surface area (Å²) >= 11 is 0. The number of aliphatic imine (C=N–C) groups is 1. The van der Waals surface area contributed by atoms with E-state index >= 15 is 0 Å². The van der Waals surface area contributed by atoms with Crippen LogP contribution in [0.5, 0.6) is 0 Å². The second-order valence-electron chi connectivity index (χ2n) is 4.06. The minimum absolute atomic E-state index is 0.133. The van der Waals surface area contributed by atoms with Gasteiger partial charge in [0.15, 0.2) is 0 Å². The number of carbonyl (C=O) groups excluding carboxylic acids is 1. The Morgan fingerprint density at radius 2 is 2.06 bits per heavy atom. The highest BCUT2D eigenvalue weighted by molar-refractivity contribution is 7.91. The van der Waals surface area contributed by atoms with Gasteiger partial charge in [0, 0.05) is 6.20 Å². The van der Waals surface area contributed by atoms with E-state index < -0.39 is 9.84 Å². The highest BCUT2D eigenvalue weighted by Crippen LogP contribution is 2.34. The molecular weight excluding hydrogens is 240 g/mol. The van der Waals surface area contributed by atoms with Crippen molar-refractivity contribution in [3.8, 4) is 0 Å². The van der Waals surface area contributed by atoms with E-state index in [4.69, 9.17) is 0 Å². The van der Waals surface area contributed by atoms with Gasteiger partial charge in [0.2, 0.25) is 6.08 Å². The van der Waals surface area contributed by atoms with Gasteiger partial charge >= 0.3 is 0 Å². The van der Waals surface area contributed by atoms with Gasteiger partial charge in [-0.1, -0.05) is 0 Å². The lowest BCUT2D eigenvalue weighted by molar-refractivity contribution is 0.549. The Hall–Kier alpha value is -1.52. The summed E-state index contributed by atoms with van der Waals surface area (Å²) in [5, 5.41) is 0. The van der Waals surface area contributed by atoms with E-state index in [1.807, 2.05) is 0 Å². The van der Waals surface area contributed by atoms with Crippen molar-refractivity contribution in [1.29, 1.82) is 0 Å². The standard InChI is InChI=1S/C11H12N2O3S/c14-8-13-11-7-12-4-1-10(11)9-2-5-17(15,16)6-3-9/h1,4,7,9H,2-3,5-6H2. The average molecular weight is 252 g/mol. The maximum atomic E-state index is 11.3. The van der Waals surface area contributed by atoms with Gasteiger partial charge in [0.1, 0.15) is 9.84 Å². The van der Waals surface area contributed by atoms with Crippen molar-refractivity contribution in [3.05, 3.63) is 24.0 Å². The van der Waals surface area contributed by atoms with Crippen LogP contribution in [-0.2, 0) is 14.6 Å². The van der Waals surface area contributed by atoms with Crippen LogP contribution >= 0.6 is 0 Å². The fourth-order valence-corrected chi connectivity index (χ4v) is 3.58. The van der Waals surface area contributed by atoms with Gasteiger partial charge < -0.3 is 0 Å². The van der Waals surface area contributed by atoms with Crippen molar-refractivity contribution in [1.82, 2.24) is 4.98 Å². The maximum Gasteiger partial charge on any atom is 0.240 e. The monoisotopic (exact) mass is 252 g/mol. The fraction of sp³-hybridized carbons (Fsp3) is 0.455. The highest BCUT2D eigenvalue weighted by atomic mass is 32.2. The lowest BCUT2D eigenvalue weighted by Crippen LogP contribution is -2.22. The smallest absolute Gasteiger partial charge is 0.240 e. The minimum Gasteiger partial charge on any atom is -0.262 e. The number of hydrogen-bond acceptors (Lipinski definition) is 5. The Kier molecular flexibility index (Phi) is 3.36. The zero-order chi connectivity index (χ0) is 12.3. The zero-order valence-corrected chi connectivity index (χ0v) is 9.98. The normalized spacial score (nSPS) is 19.5. The average Bonchev–Trinajstić information content (AvgIpc) is 2.31. The third kappa shape index (κ3) is 2.78. The summed E-state index contributed by atoms with van der Waals surface area (Å²) < 4.78 is 22.7. The Balaban J connectivity index is 2.27. The Morgan fingerprint density at radius 1 is 1.35 bits per heavy atom. The fourth-order valence-electron chi connectivity index (χ4n) is 2.09. The topological polar surface area (TPSA) is 76.5 Å². The third-order valence-electron chi connectivity index (χ3n) is 2.99. The van der Waals surface area contributed by atoms with Crippen LogP contribution in [0.15, 0.2) is 23.5 Å². The first-order valence-electron chi connectivity index (χ1n) is 5.34. The molecule has 1 fully saturated rings. The summed E-state index contributed by atoms with van der Waals surface area (Å²) in [7, 11) is -2.87. The summed E-state index contributed by atoms with van der Waals surface area (Å²) in [6.07, 6.45) is 5.78. The van der Waals surface area contributed by atoms with Gasteiger partial charge in [-0.2, -0.15) is 4.99 Å². The highest BCUT2D eigenvalue weighted by Gasteiger charge is 2.26. The molecule has 0 N–H and O–H groups in total. The molecule has 0 amide bonds. The van der Waals surface area contributed by atoms with Gasteiger partial charge in [-0.05, 0) is 30.4 Å². The first kappa shape index (κ1) is 12.0. The SMILES string of the molecule is O=C=Nc1cnccc1C1CCS(=O)(=O)CC1. The van der Waals surface area contributed by atoms with Crippen molar-refractivity contribution in [2.24, 2.45) is 4.99 Å². The molecule has 0 saturated carbocycles. The van der Waals surface area contributed by atoms with E-state index in [-0.39, 0.29) is 17.4 Å². The third-order valence-corrected chi connectivity index (χ3v) is 4.71. The van der Waals surface area contributed by atoms with Gasteiger partial charge in [-0.3, -0.25) is 4.98 Å². The molecule has 0 atom stereocenters. The van der Waals surface area contributed by atoms with Crippen LogP contribution in [-0.4, -0.2) is 31.0 Å². The predicted molar refractivity (Wildman–Crippen MR) is 62.6 cm³/mol. The summed E-state index contributed by atoms with van der Waals surface area (Å²) in [4.78, 5) is 17.8. The molecular formula is C11H12N2O3S. The molecule has 5 nitrogen and oxygen atoms in total. The number of pyridine rings is 1. The molecule has 1 aliphatic rings. The number of sulfone groups is 1. The summed E-state index contributed by atoms with van der Waals surface area (Å²) in [6.45, 7) is 0. The molecule has 0 spiro atoms. The van der Waals surface area contributed by atoms with Crippen molar-refractivity contribution in [2.45, 2.75) is 18.8 Å². The van der Waals surface area contributed by atoms with Crippen molar-refractivity contribution >= 4 is 21.6 Å². The van der Waals surface area contributed by atoms with E-state index in [9.17, 15) is 13.2 Å². The molecule has 2 heterocycles. The molecule has 0 unspecified atom stereocenters. The summed E-state index contributed by atoms with van der Waals surface area (Å²) in [6, 6.07) is 1.79. The maximum absolute atomic E-state index is 11.3. The second kappa shape index (κ2) is 4.77. The van der Waals surface area contributed by atoms with Crippen LogP contribution in [0.3, 0.4) is 0 Å². The molecule has 0 aliphatic carbocycles. The Morgan fingerprint density at radius 3 is 2.71 bits per heavy atom. The van der Waals surface area contributed by atoms with Crippen LogP contribution in [0.1, 0.15) is 24.3 Å². The first-order valence-corrected chi connectivity index (χ1v) is 7.17. The molecule has 17 heavy (non-hydrogen) atoms. The lowest BCUT2D eigenvalue weighted by atomic mass is 9.93. The van der Waals surface area contributed by atoms with E-state index in [1.165, 1.54) is 12.3 Å². The van der Waals surface area contributed by atoms with E-state index in [0.717, 1.165) is 5.56 Å². The molecule has 0 aromatic carbocycles. The molecule has 6 heteroatoms. The Labute approximate surface area is 99.5 Å². The van der Waals surface area contributed by atoms with Crippen LogP contribution in [0.25, 0.3) is 0 Å². The lowest BCUT2D eigenvalue weighted by Gasteiger charge is -2.22. The number of aromatic nitrogens is 1. The summed E-state index contributed by atoms with van der Waals surface area (Å²) in [5.74, 6) is 0.530. The number of nitrogens with zero attached hydrogens (tertiary/aromatic N) is 2. The molecule has 1 saturated heterocycles. The Bertz CT molecular complexity index is 548. The van der Waals surface area contributed by atoms with Crippen LogP contribution < -0.4 is 0 Å². The van der Waals surface area contributed by atoms with Gasteiger partial charge in [-0.25, -0.2) is 13.2 Å². The van der Waals surface area contributed by atoms with E-state index in [1.54, 1.807) is 12.3 Å². The molecule has 1 aliphatic heterocycles. The quantitative estimate of drug-likeness (QED) is 0.588. The number of rotatable bonds is 2. The second-order valence-corrected chi connectivity index (χ2v) is 6.37. The minimum atomic E-state index is -2.87. The molecule has 0 bridgehead atoms. The molecule has 2 rings (SSSR count). The van der Waals surface area contributed by atoms with Crippen molar-refractivity contribution in [3.63, 3.8) is 0 Å². The van der Waals surface area contributed by atoms with E-state index in [2.05, 4.69) is 9.98 Å². The van der Waals surface area contributed by atoms with Crippen LogP contribution in [0.2, 0.25) is 0 Å². The van der Waals surface area contributed by atoms with Gasteiger partial charge in [0.25, 0.3) is 0 Å². The zero-order valence-electron chi connectivity index (χ0n) is 9.17. The van der Waals surface area contributed by atoms with E-state index in [0.29, 0.717) is 18.5 Å². The van der Waals surface area contributed by atoms with Crippen LogP contribution in [0, 0.1) is 0 Å². The molecule has 1 aromatic rings. The van der Waals surface area contributed by atoms with Gasteiger partial charge in [0.05, 0.1) is 23.4 Å². The predicted octanol–water partition coefficient (Wildman–Crippen LogP) is 1.34. The van der Waals surface area contributed by atoms with Gasteiger partial charge in [-0.15, -0.1) is 0 Å².